The van der Waals surface area contributed by atoms with E-state index in [1.165, 1.54) is 14.2 Å². The smallest absolute Gasteiger partial charge is 0.253 e. The molecule has 0 aromatic heterocycles. The second-order valence-electron chi connectivity index (χ2n) is 3.51. The van der Waals surface area contributed by atoms with Gasteiger partial charge in [0, 0.05) is 19.2 Å². The Morgan fingerprint density at radius 2 is 2.00 bits per heavy atom. The Labute approximate surface area is 106 Å². The molecule has 0 spiro atoms. The maximum atomic E-state index is 12.0. The molecule has 0 radical (unpaired) electrons. The number of benzene rings is 1. The van der Waals surface area contributed by atoms with Gasteiger partial charge in [-0.05, 0) is 19.1 Å². The first kappa shape index (κ1) is 13.6. The molecule has 1 amide bonds. The fourth-order valence-corrected chi connectivity index (χ4v) is 1.69. The summed E-state index contributed by atoms with van der Waals surface area (Å²) in [6.07, 6.45) is 0. The van der Waals surface area contributed by atoms with Crippen LogP contribution in [0.5, 0.6) is 11.5 Å². The minimum Gasteiger partial charge on any atom is -0.493 e. The normalized spacial score (nSPS) is 9.94. The molecular weight excluding hydrogens is 242 g/mol. The van der Waals surface area contributed by atoms with Crippen LogP contribution in [0.1, 0.15) is 17.3 Å². The zero-order valence-electron chi connectivity index (χ0n) is 10.4. The van der Waals surface area contributed by atoms with E-state index in [-0.39, 0.29) is 5.91 Å². The predicted molar refractivity (Wildman–Crippen MR) is 67.2 cm³/mol. The predicted octanol–water partition coefficient (Wildman–Crippen LogP) is 2.45. The molecule has 0 aliphatic rings. The third-order valence-electron chi connectivity index (χ3n) is 2.50. The van der Waals surface area contributed by atoms with Gasteiger partial charge in [0.2, 0.25) is 0 Å². The Balaban J connectivity index is 3.20. The van der Waals surface area contributed by atoms with Gasteiger partial charge >= 0.3 is 0 Å². The first-order valence-electron chi connectivity index (χ1n) is 5.22. The van der Waals surface area contributed by atoms with E-state index in [1.807, 2.05) is 6.92 Å². The molecule has 0 N–H and O–H groups in total. The lowest BCUT2D eigenvalue weighted by Gasteiger charge is -2.16. The number of rotatable bonds is 4. The average Bonchev–Trinajstić information content (AvgIpc) is 2.35. The van der Waals surface area contributed by atoms with Crippen molar-refractivity contribution < 1.29 is 14.3 Å². The van der Waals surface area contributed by atoms with Crippen molar-refractivity contribution in [1.82, 2.24) is 4.90 Å². The maximum Gasteiger partial charge on any atom is 0.253 e. The van der Waals surface area contributed by atoms with Crippen LogP contribution in [0, 0.1) is 0 Å². The van der Waals surface area contributed by atoms with Crippen LogP contribution < -0.4 is 9.47 Å². The summed E-state index contributed by atoms with van der Waals surface area (Å²) in [7, 11) is 4.74. The zero-order chi connectivity index (χ0) is 13.0. The lowest BCUT2D eigenvalue weighted by Crippen LogP contribution is -2.26. The molecular formula is C12H16ClNO3. The molecule has 0 aliphatic carbocycles. The summed E-state index contributed by atoms with van der Waals surface area (Å²) >= 11 is 6.03. The van der Waals surface area contributed by atoms with Crippen molar-refractivity contribution >= 4 is 17.5 Å². The second kappa shape index (κ2) is 5.77. The first-order chi connectivity index (χ1) is 8.04. The van der Waals surface area contributed by atoms with Crippen LogP contribution in [0.4, 0.5) is 0 Å². The molecule has 1 rings (SSSR count). The minimum atomic E-state index is -0.102. The molecule has 5 heteroatoms. The largest absolute Gasteiger partial charge is 0.493 e. The molecule has 4 nitrogen and oxygen atoms in total. The zero-order valence-corrected chi connectivity index (χ0v) is 11.2. The summed E-state index contributed by atoms with van der Waals surface area (Å²) < 4.78 is 10.2. The van der Waals surface area contributed by atoms with Crippen molar-refractivity contribution in [2.24, 2.45) is 0 Å². The second-order valence-corrected chi connectivity index (χ2v) is 3.92. The fraction of sp³-hybridized carbons (Fsp3) is 0.417. The summed E-state index contributed by atoms with van der Waals surface area (Å²) in [6, 6.07) is 3.20. The lowest BCUT2D eigenvalue weighted by molar-refractivity contribution is 0.0802. The number of carbonyl (C=O) groups excluding carboxylic acids is 1. The molecule has 0 fully saturated rings. The number of hydrogen-bond donors (Lipinski definition) is 0. The van der Waals surface area contributed by atoms with Crippen molar-refractivity contribution in [2.75, 3.05) is 27.8 Å². The fourth-order valence-electron chi connectivity index (χ4n) is 1.41. The van der Waals surface area contributed by atoms with Crippen molar-refractivity contribution in [3.05, 3.63) is 22.7 Å². The van der Waals surface area contributed by atoms with Crippen molar-refractivity contribution in [1.29, 1.82) is 0 Å². The molecule has 17 heavy (non-hydrogen) atoms. The van der Waals surface area contributed by atoms with Gasteiger partial charge in [-0.2, -0.15) is 0 Å². The summed E-state index contributed by atoms with van der Waals surface area (Å²) in [4.78, 5) is 13.6. The van der Waals surface area contributed by atoms with Gasteiger partial charge in [-0.3, -0.25) is 4.79 Å². The van der Waals surface area contributed by atoms with Crippen LogP contribution in [0.25, 0.3) is 0 Å². The molecule has 1 aromatic rings. The molecule has 0 aliphatic heterocycles. The van der Waals surface area contributed by atoms with Crippen LogP contribution >= 0.6 is 11.6 Å². The summed E-state index contributed by atoms with van der Waals surface area (Å²) in [5, 5.41) is 0.361. The van der Waals surface area contributed by atoms with Gasteiger partial charge in [-0.15, -0.1) is 0 Å². The van der Waals surface area contributed by atoms with Crippen LogP contribution in [-0.4, -0.2) is 38.6 Å². The van der Waals surface area contributed by atoms with E-state index in [9.17, 15) is 4.79 Å². The van der Waals surface area contributed by atoms with Gasteiger partial charge in [0.05, 0.1) is 19.2 Å². The molecule has 1 aromatic carbocycles. The number of nitrogens with zero attached hydrogens (tertiary/aromatic N) is 1. The van der Waals surface area contributed by atoms with Gasteiger partial charge in [0.15, 0.2) is 11.5 Å². The maximum absolute atomic E-state index is 12.0. The molecule has 0 atom stereocenters. The quantitative estimate of drug-likeness (QED) is 0.832. The Bertz CT molecular complexity index is 420. The van der Waals surface area contributed by atoms with E-state index in [0.29, 0.717) is 28.6 Å². The average molecular weight is 258 g/mol. The Morgan fingerprint density at radius 1 is 1.35 bits per heavy atom. The number of halogens is 1. The van der Waals surface area contributed by atoms with Crippen LogP contribution in [0.15, 0.2) is 12.1 Å². The highest BCUT2D eigenvalue weighted by atomic mass is 35.5. The SMILES string of the molecule is CCN(C)C(=O)c1cc(Cl)c(OC)c(OC)c1. The van der Waals surface area contributed by atoms with Crippen molar-refractivity contribution in [3.63, 3.8) is 0 Å². The van der Waals surface area contributed by atoms with Gasteiger partial charge in [0.1, 0.15) is 0 Å². The highest BCUT2D eigenvalue weighted by Gasteiger charge is 2.16. The van der Waals surface area contributed by atoms with E-state index in [2.05, 4.69) is 0 Å². The van der Waals surface area contributed by atoms with Crippen molar-refractivity contribution in [3.8, 4) is 11.5 Å². The number of hydrogen-bond acceptors (Lipinski definition) is 3. The van der Waals surface area contributed by atoms with Gasteiger partial charge in [0.25, 0.3) is 5.91 Å². The Morgan fingerprint density at radius 3 is 2.47 bits per heavy atom. The molecule has 0 bridgehead atoms. The van der Waals surface area contributed by atoms with Gasteiger partial charge in [-0.1, -0.05) is 11.6 Å². The van der Waals surface area contributed by atoms with E-state index in [0.717, 1.165) is 0 Å². The van der Waals surface area contributed by atoms with E-state index in [1.54, 1.807) is 24.1 Å². The monoisotopic (exact) mass is 257 g/mol. The van der Waals surface area contributed by atoms with Gasteiger partial charge in [-0.25, -0.2) is 0 Å². The van der Waals surface area contributed by atoms with Crippen LogP contribution in [0.3, 0.4) is 0 Å². The van der Waals surface area contributed by atoms with Crippen LogP contribution in [0.2, 0.25) is 5.02 Å². The summed E-state index contributed by atoms with van der Waals surface area (Å²) in [6.45, 7) is 2.53. The number of carbonyl (C=O) groups is 1. The van der Waals surface area contributed by atoms with Crippen LogP contribution in [-0.2, 0) is 0 Å². The third-order valence-corrected chi connectivity index (χ3v) is 2.78. The number of amides is 1. The highest BCUT2D eigenvalue weighted by molar-refractivity contribution is 6.32. The van der Waals surface area contributed by atoms with Crippen molar-refractivity contribution in [2.45, 2.75) is 6.92 Å². The number of methoxy groups -OCH3 is 2. The number of ether oxygens (including phenoxy) is 2. The van der Waals surface area contributed by atoms with E-state index < -0.39 is 0 Å². The molecule has 0 saturated heterocycles. The Hall–Kier alpha value is -1.42. The summed E-state index contributed by atoms with van der Waals surface area (Å²) in [5.74, 6) is 0.785. The molecule has 0 unspecified atom stereocenters. The molecule has 0 heterocycles. The first-order valence-corrected chi connectivity index (χ1v) is 5.59. The molecule has 0 saturated carbocycles. The molecule has 94 valence electrons. The minimum absolute atomic E-state index is 0.102. The topological polar surface area (TPSA) is 38.8 Å². The Kier molecular flexibility index (Phi) is 4.63. The van der Waals surface area contributed by atoms with E-state index in [4.69, 9.17) is 21.1 Å². The third kappa shape index (κ3) is 2.82. The standard InChI is InChI=1S/C12H16ClNO3/c1-5-14(2)12(15)8-6-9(13)11(17-4)10(7-8)16-3/h6-7H,5H2,1-4H3. The lowest BCUT2D eigenvalue weighted by atomic mass is 10.1. The van der Waals surface area contributed by atoms with Gasteiger partial charge < -0.3 is 14.4 Å². The van der Waals surface area contributed by atoms with E-state index >= 15 is 0 Å². The summed E-state index contributed by atoms with van der Waals surface area (Å²) in [5.41, 5.74) is 0.483. The highest BCUT2D eigenvalue weighted by Crippen LogP contribution is 2.36.